The molecule has 3 rings (SSSR count). The predicted octanol–water partition coefficient (Wildman–Crippen LogP) is 3.83. The topological polar surface area (TPSA) is 41.6 Å². The first-order valence-corrected chi connectivity index (χ1v) is 7.36. The zero-order valence-electron chi connectivity index (χ0n) is 12.2. The van der Waals surface area contributed by atoms with Crippen LogP contribution < -0.4 is 10.6 Å². The maximum atomic E-state index is 6.12. The highest BCUT2D eigenvalue weighted by Crippen LogP contribution is 2.33. The summed E-state index contributed by atoms with van der Waals surface area (Å²) in [6.07, 6.45) is 0. The van der Waals surface area contributed by atoms with Gasteiger partial charge in [0.1, 0.15) is 0 Å². The third kappa shape index (κ3) is 2.61. The van der Waals surface area contributed by atoms with Crippen molar-refractivity contribution in [1.82, 2.24) is 0 Å². The van der Waals surface area contributed by atoms with Crippen LogP contribution in [0.4, 0.5) is 5.69 Å². The van der Waals surface area contributed by atoms with E-state index < -0.39 is 0 Å². The Hall–Kier alpha value is -2.00. The van der Waals surface area contributed by atoms with Crippen molar-refractivity contribution in [2.24, 2.45) is 10.7 Å². The van der Waals surface area contributed by atoms with Gasteiger partial charge in [-0.05, 0) is 54.8 Å². The van der Waals surface area contributed by atoms with Gasteiger partial charge >= 0.3 is 0 Å². The minimum Gasteiger partial charge on any atom is -0.369 e. The van der Waals surface area contributed by atoms with E-state index in [0.717, 1.165) is 16.3 Å². The van der Waals surface area contributed by atoms with Gasteiger partial charge in [0.15, 0.2) is 5.96 Å². The van der Waals surface area contributed by atoms with E-state index in [-0.39, 0.29) is 6.04 Å². The lowest BCUT2D eigenvalue weighted by Crippen LogP contribution is -2.36. The minimum absolute atomic E-state index is 0.129. The van der Waals surface area contributed by atoms with Crippen LogP contribution in [0.1, 0.15) is 22.7 Å². The molecule has 1 heterocycles. The van der Waals surface area contributed by atoms with E-state index in [1.807, 2.05) is 18.2 Å². The molecule has 0 radical (unpaired) electrons. The summed E-state index contributed by atoms with van der Waals surface area (Å²) in [7, 11) is 0. The Bertz CT molecular complexity index is 709. The molecular weight excluding hydrogens is 282 g/mol. The molecule has 2 aromatic rings. The van der Waals surface area contributed by atoms with Gasteiger partial charge in [0.05, 0.1) is 12.6 Å². The molecule has 1 atom stereocenters. The molecule has 0 spiro atoms. The highest BCUT2D eigenvalue weighted by Gasteiger charge is 2.29. The first kappa shape index (κ1) is 14.0. The number of guanidine groups is 1. The second-order valence-corrected chi connectivity index (χ2v) is 5.86. The SMILES string of the molecule is Cc1cccc(N2C(N)=NCC2c2ccc(Cl)cc2C)c1. The number of rotatable bonds is 2. The molecule has 0 fully saturated rings. The average Bonchev–Trinajstić information content (AvgIpc) is 2.80. The van der Waals surface area contributed by atoms with E-state index in [1.54, 1.807) is 0 Å². The van der Waals surface area contributed by atoms with Crippen molar-refractivity contribution in [3.05, 3.63) is 64.2 Å². The van der Waals surface area contributed by atoms with Crippen molar-refractivity contribution in [1.29, 1.82) is 0 Å². The lowest BCUT2D eigenvalue weighted by atomic mass is 10.00. The van der Waals surface area contributed by atoms with Gasteiger partial charge in [-0.25, -0.2) is 0 Å². The summed E-state index contributed by atoms with van der Waals surface area (Å²) < 4.78 is 0. The van der Waals surface area contributed by atoms with Crippen LogP contribution in [0, 0.1) is 13.8 Å². The number of nitrogens with two attached hydrogens (primary N) is 1. The van der Waals surface area contributed by atoms with E-state index in [9.17, 15) is 0 Å². The van der Waals surface area contributed by atoms with E-state index >= 15 is 0 Å². The molecule has 0 bridgehead atoms. The molecule has 0 saturated heterocycles. The third-order valence-corrected chi connectivity index (χ3v) is 4.09. The molecule has 0 aliphatic carbocycles. The van der Waals surface area contributed by atoms with Gasteiger partial charge in [-0.1, -0.05) is 29.8 Å². The van der Waals surface area contributed by atoms with Crippen LogP contribution in [0.25, 0.3) is 0 Å². The molecule has 1 unspecified atom stereocenters. The van der Waals surface area contributed by atoms with Crippen molar-refractivity contribution < 1.29 is 0 Å². The molecule has 108 valence electrons. The van der Waals surface area contributed by atoms with Crippen LogP contribution in [0.15, 0.2) is 47.5 Å². The Balaban J connectivity index is 2.03. The standard InChI is InChI=1S/C17H18ClN3/c1-11-4-3-5-14(8-11)21-16(10-20-17(21)19)15-7-6-13(18)9-12(15)2/h3-9,16H,10H2,1-2H3,(H2,19,20). The molecule has 21 heavy (non-hydrogen) atoms. The number of hydrogen-bond acceptors (Lipinski definition) is 3. The zero-order valence-corrected chi connectivity index (χ0v) is 12.9. The summed E-state index contributed by atoms with van der Waals surface area (Å²) in [5.41, 5.74) is 10.8. The largest absolute Gasteiger partial charge is 0.369 e. The molecule has 2 aromatic carbocycles. The summed E-state index contributed by atoms with van der Waals surface area (Å²) in [6, 6.07) is 14.4. The number of aryl methyl sites for hydroxylation is 2. The third-order valence-electron chi connectivity index (χ3n) is 3.86. The van der Waals surface area contributed by atoms with Gasteiger partial charge in [0.25, 0.3) is 0 Å². The van der Waals surface area contributed by atoms with E-state index in [0.29, 0.717) is 12.5 Å². The first-order valence-electron chi connectivity index (χ1n) is 6.98. The monoisotopic (exact) mass is 299 g/mol. The molecule has 0 aromatic heterocycles. The fourth-order valence-electron chi connectivity index (χ4n) is 2.84. The number of anilines is 1. The van der Waals surface area contributed by atoms with Crippen molar-refractivity contribution in [2.45, 2.75) is 19.9 Å². The number of hydrogen-bond donors (Lipinski definition) is 1. The fourth-order valence-corrected chi connectivity index (χ4v) is 3.06. The van der Waals surface area contributed by atoms with Crippen LogP contribution >= 0.6 is 11.6 Å². The molecule has 0 amide bonds. The number of benzene rings is 2. The van der Waals surface area contributed by atoms with Gasteiger partial charge in [-0.15, -0.1) is 0 Å². The maximum Gasteiger partial charge on any atom is 0.196 e. The van der Waals surface area contributed by atoms with Crippen LogP contribution in [0.2, 0.25) is 5.02 Å². The van der Waals surface area contributed by atoms with Crippen LogP contribution in [0.5, 0.6) is 0 Å². The Morgan fingerprint density at radius 3 is 2.71 bits per heavy atom. The normalized spacial score (nSPS) is 18.0. The van der Waals surface area contributed by atoms with Crippen molar-refractivity contribution in [3.8, 4) is 0 Å². The quantitative estimate of drug-likeness (QED) is 0.915. The van der Waals surface area contributed by atoms with Crippen molar-refractivity contribution in [3.63, 3.8) is 0 Å². The lowest BCUT2D eigenvalue weighted by Gasteiger charge is -2.28. The Labute approximate surface area is 130 Å². The van der Waals surface area contributed by atoms with Gasteiger partial charge in [0, 0.05) is 10.7 Å². The van der Waals surface area contributed by atoms with Crippen molar-refractivity contribution in [2.75, 3.05) is 11.4 Å². The van der Waals surface area contributed by atoms with Gasteiger partial charge in [0.2, 0.25) is 0 Å². The van der Waals surface area contributed by atoms with Crippen LogP contribution in [-0.2, 0) is 0 Å². The lowest BCUT2D eigenvalue weighted by molar-refractivity contribution is 0.762. The summed E-state index contributed by atoms with van der Waals surface area (Å²) in [5.74, 6) is 0.569. The first-order chi connectivity index (χ1) is 10.1. The molecular formula is C17H18ClN3. The van der Waals surface area contributed by atoms with E-state index in [2.05, 4.69) is 48.0 Å². The Morgan fingerprint density at radius 2 is 2.00 bits per heavy atom. The smallest absolute Gasteiger partial charge is 0.196 e. The second kappa shape index (κ2) is 5.41. The zero-order chi connectivity index (χ0) is 15.0. The van der Waals surface area contributed by atoms with Crippen LogP contribution in [-0.4, -0.2) is 12.5 Å². The molecule has 1 aliphatic rings. The summed E-state index contributed by atoms with van der Waals surface area (Å²) >= 11 is 6.06. The molecule has 3 nitrogen and oxygen atoms in total. The molecule has 0 saturated carbocycles. The molecule has 2 N–H and O–H groups in total. The molecule has 1 aliphatic heterocycles. The number of halogens is 1. The van der Waals surface area contributed by atoms with Gasteiger partial charge in [-0.3, -0.25) is 4.99 Å². The maximum absolute atomic E-state index is 6.12. The van der Waals surface area contributed by atoms with Gasteiger partial charge in [-0.2, -0.15) is 0 Å². The molecule has 4 heteroatoms. The van der Waals surface area contributed by atoms with E-state index in [4.69, 9.17) is 17.3 Å². The average molecular weight is 300 g/mol. The minimum atomic E-state index is 0.129. The number of nitrogens with zero attached hydrogens (tertiary/aromatic N) is 2. The van der Waals surface area contributed by atoms with Crippen LogP contribution in [0.3, 0.4) is 0 Å². The van der Waals surface area contributed by atoms with E-state index in [1.165, 1.54) is 11.1 Å². The predicted molar refractivity (Wildman–Crippen MR) is 89.1 cm³/mol. The Morgan fingerprint density at radius 1 is 1.19 bits per heavy atom. The Kier molecular flexibility index (Phi) is 3.60. The number of aliphatic imine (C=N–C) groups is 1. The summed E-state index contributed by atoms with van der Waals surface area (Å²) in [5, 5.41) is 0.755. The fraction of sp³-hybridized carbons (Fsp3) is 0.235. The van der Waals surface area contributed by atoms with Gasteiger partial charge < -0.3 is 10.6 Å². The summed E-state index contributed by atoms with van der Waals surface area (Å²) in [4.78, 5) is 6.53. The van der Waals surface area contributed by atoms with Crippen molar-refractivity contribution >= 4 is 23.2 Å². The highest BCUT2D eigenvalue weighted by molar-refractivity contribution is 6.30. The highest BCUT2D eigenvalue weighted by atomic mass is 35.5. The second-order valence-electron chi connectivity index (χ2n) is 5.42. The summed E-state index contributed by atoms with van der Waals surface area (Å²) in [6.45, 7) is 4.82.